The summed E-state index contributed by atoms with van der Waals surface area (Å²) in [6.45, 7) is 4.23. The van der Waals surface area contributed by atoms with Crippen LogP contribution in [0.15, 0.2) is 30.7 Å². The molecule has 5 heteroatoms. The number of nitrogens with one attached hydrogen (secondary N) is 1. The van der Waals surface area contributed by atoms with Crippen LogP contribution in [-0.4, -0.2) is 20.7 Å². The highest BCUT2D eigenvalue weighted by molar-refractivity contribution is 6.02. The second-order valence-corrected chi connectivity index (χ2v) is 5.64. The molecule has 2 aromatic rings. The number of hydrogen-bond donors (Lipinski definition) is 1. The fraction of sp³-hybridized carbons (Fsp3) is 0.438. The molecule has 21 heavy (non-hydrogen) atoms. The lowest BCUT2D eigenvalue weighted by Crippen LogP contribution is -2.13. The number of hydrogen-bond acceptors (Lipinski definition) is 3. The van der Waals surface area contributed by atoms with E-state index in [-0.39, 0.29) is 5.91 Å². The van der Waals surface area contributed by atoms with Crippen LogP contribution in [0.3, 0.4) is 0 Å². The Morgan fingerprint density at radius 3 is 3.05 bits per heavy atom. The van der Waals surface area contributed by atoms with Gasteiger partial charge in [-0.05, 0) is 49.8 Å². The Hall–Kier alpha value is -2.17. The van der Waals surface area contributed by atoms with Crippen molar-refractivity contribution in [2.45, 2.75) is 39.2 Å². The highest BCUT2D eigenvalue weighted by Crippen LogP contribution is 2.39. The zero-order chi connectivity index (χ0) is 14.8. The van der Waals surface area contributed by atoms with Gasteiger partial charge in [-0.25, -0.2) is 0 Å². The fourth-order valence-corrected chi connectivity index (χ4v) is 2.43. The van der Waals surface area contributed by atoms with Crippen LogP contribution in [0.25, 0.3) is 0 Å². The van der Waals surface area contributed by atoms with E-state index in [0.717, 1.165) is 23.6 Å². The van der Waals surface area contributed by atoms with E-state index in [0.29, 0.717) is 11.7 Å². The molecule has 0 radical (unpaired) electrons. The summed E-state index contributed by atoms with van der Waals surface area (Å²) in [5.74, 6) is 0.542. The number of nitrogens with zero attached hydrogens (tertiary/aromatic N) is 3. The molecular formula is C16H20N4O. The summed E-state index contributed by atoms with van der Waals surface area (Å²) in [4.78, 5) is 16.3. The minimum absolute atomic E-state index is 0.191. The van der Waals surface area contributed by atoms with Crippen molar-refractivity contribution in [1.29, 1.82) is 0 Å². The van der Waals surface area contributed by atoms with E-state index in [1.54, 1.807) is 12.4 Å². The van der Waals surface area contributed by atoms with Crippen LogP contribution in [-0.2, 0) is 6.42 Å². The first-order valence-electron chi connectivity index (χ1n) is 7.48. The van der Waals surface area contributed by atoms with Gasteiger partial charge in [0.15, 0.2) is 0 Å². The molecule has 2 aromatic heterocycles. The number of aromatic nitrogens is 3. The van der Waals surface area contributed by atoms with Crippen molar-refractivity contribution < 1.29 is 4.79 Å². The maximum atomic E-state index is 12.2. The number of pyridine rings is 1. The van der Waals surface area contributed by atoms with Crippen molar-refractivity contribution in [3.63, 3.8) is 0 Å². The van der Waals surface area contributed by atoms with Gasteiger partial charge in [-0.15, -0.1) is 0 Å². The first-order valence-corrected chi connectivity index (χ1v) is 7.48. The summed E-state index contributed by atoms with van der Waals surface area (Å²) < 4.78 is 1.93. The second-order valence-electron chi connectivity index (χ2n) is 5.64. The zero-order valence-corrected chi connectivity index (χ0v) is 12.4. The van der Waals surface area contributed by atoms with Crippen molar-refractivity contribution in [3.05, 3.63) is 42.0 Å². The van der Waals surface area contributed by atoms with Gasteiger partial charge >= 0.3 is 0 Å². The van der Waals surface area contributed by atoms with Crippen LogP contribution in [0.5, 0.6) is 0 Å². The van der Waals surface area contributed by atoms with Crippen molar-refractivity contribution in [2.75, 3.05) is 5.32 Å². The van der Waals surface area contributed by atoms with E-state index >= 15 is 0 Å². The smallest absolute Gasteiger partial charge is 0.274 e. The molecule has 1 atom stereocenters. The van der Waals surface area contributed by atoms with E-state index in [1.807, 2.05) is 23.0 Å². The minimum Gasteiger partial charge on any atom is -0.318 e. The molecule has 0 saturated heterocycles. The second kappa shape index (κ2) is 5.68. The van der Waals surface area contributed by atoms with Gasteiger partial charge in [-0.1, -0.05) is 6.92 Å². The molecule has 0 aromatic carbocycles. The number of carbonyl (C=O) groups is 1. The van der Waals surface area contributed by atoms with Crippen molar-refractivity contribution in [2.24, 2.45) is 5.92 Å². The molecule has 3 rings (SSSR count). The Morgan fingerprint density at radius 2 is 2.33 bits per heavy atom. The van der Waals surface area contributed by atoms with Gasteiger partial charge in [0, 0.05) is 12.4 Å². The van der Waals surface area contributed by atoms with Crippen molar-refractivity contribution >= 4 is 11.6 Å². The average molecular weight is 284 g/mol. The van der Waals surface area contributed by atoms with E-state index in [4.69, 9.17) is 0 Å². The fourth-order valence-electron chi connectivity index (χ4n) is 2.43. The highest BCUT2D eigenvalue weighted by atomic mass is 16.1. The first-order chi connectivity index (χ1) is 10.2. The van der Waals surface area contributed by atoms with E-state index in [2.05, 4.69) is 29.2 Å². The predicted octanol–water partition coefficient (Wildman–Crippen LogP) is 3.06. The topological polar surface area (TPSA) is 59.8 Å². The lowest BCUT2D eigenvalue weighted by Gasteiger charge is -2.09. The Morgan fingerprint density at radius 1 is 1.52 bits per heavy atom. The predicted molar refractivity (Wildman–Crippen MR) is 81.2 cm³/mol. The molecule has 110 valence electrons. The Labute approximate surface area is 124 Å². The van der Waals surface area contributed by atoms with Crippen LogP contribution < -0.4 is 5.32 Å². The summed E-state index contributed by atoms with van der Waals surface area (Å²) in [7, 11) is 0. The van der Waals surface area contributed by atoms with Crippen LogP contribution >= 0.6 is 0 Å². The molecule has 1 aliphatic carbocycles. The molecule has 1 unspecified atom stereocenters. The van der Waals surface area contributed by atoms with Gasteiger partial charge in [-0.2, -0.15) is 5.10 Å². The van der Waals surface area contributed by atoms with Crippen LogP contribution in [0, 0.1) is 5.92 Å². The third kappa shape index (κ3) is 3.12. The normalized spacial score (nSPS) is 15.7. The highest BCUT2D eigenvalue weighted by Gasteiger charge is 2.29. The van der Waals surface area contributed by atoms with Crippen molar-refractivity contribution in [3.8, 4) is 0 Å². The molecule has 1 amide bonds. The third-order valence-electron chi connectivity index (χ3n) is 4.05. The number of anilines is 1. The summed E-state index contributed by atoms with van der Waals surface area (Å²) in [5, 5.41) is 7.20. The van der Waals surface area contributed by atoms with Gasteiger partial charge in [0.05, 0.1) is 17.9 Å². The van der Waals surface area contributed by atoms with E-state index in [1.165, 1.54) is 12.8 Å². The summed E-state index contributed by atoms with van der Waals surface area (Å²) in [6, 6.07) is 4.15. The van der Waals surface area contributed by atoms with Crippen LogP contribution in [0.2, 0.25) is 0 Å². The maximum absolute atomic E-state index is 12.2. The molecule has 1 N–H and O–H groups in total. The lowest BCUT2D eigenvalue weighted by molar-refractivity contribution is 0.102. The molecule has 2 heterocycles. The largest absolute Gasteiger partial charge is 0.318 e. The molecule has 0 bridgehead atoms. The SMILES string of the molecule is CCc1ccnc(C(=O)Nc2cnn(C(C)C3CC3)c2)c1. The van der Waals surface area contributed by atoms with Gasteiger partial charge in [-0.3, -0.25) is 14.5 Å². The van der Waals surface area contributed by atoms with E-state index in [9.17, 15) is 4.79 Å². The third-order valence-corrected chi connectivity index (χ3v) is 4.05. The molecule has 0 aliphatic heterocycles. The maximum Gasteiger partial charge on any atom is 0.274 e. The first kappa shape index (κ1) is 13.8. The average Bonchev–Trinajstić information content (AvgIpc) is 3.26. The van der Waals surface area contributed by atoms with Crippen LogP contribution in [0.1, 0.15) is 48.8 Å². The number of rotatable bonds is 5. The molecule has 1 aliphatic rings. The lowest BCUT2D eigenvalue weighted by atomic mass is 10.2. The van der Waals surface area contributed by atoms with Gasteiger partial charge in [0.25, 0.3) is 5.91 Å². The summed E-state index contributed by atoms with van der Waals surface area (Å²) in [6.07, 6.45) is 8.70. The molecular weight excluding hydrogens is 264 g/mol. The molecule has 1 saturated carbocycles. The molecule has 5 nitrogen and oxygen atoms in total. The Bertz CT molecular complexity index is 645. The van der Waals surface area contributed by atoms with Gasteiger partial charge in [0.1, 0.15) is 5.69 Å². The van der Waals surface area contributed by atoms with Crippen LogP contribution in [0.4, 0.5) is 5.69 Å². The van der Waals surface area contributed by atoms with E-state index < -0.39 is 0 Å². The number of carbonyl (C=O) groups excluding carboxylic acids is 1. The number of aryl methyl sites for hydroxylation is 1. The zero-order valence-electron chi connectivity index (χ0n) is 12.4. The number of amides is 1. The molecule has 0 spiro atoms. The quantitative estimate of drug-likeness (QED) is 0.918. The van der Waals surface area contributed by atoms with Crippen molar-refractivity contribution in [1.82, 2.24) is 14.8 Å². The van der Waals surface area contributed by atoms with Gasteiger partial charge in [0.2, 0.25) is 0 Å². The molecule has 1 fully saturated rings. The summed E-state index contributed by atoms with van der Waals surface area (Å²) >= 11 is 0. The Balaban J connectivity index is 1.69. The standard InChI is InChI=1S/C16H20N4O/c1-3-12-6-7-17-15(8-12)16(21)19-14-9-18-20(10-14)11(2)13-4-5-13/h6-11,13H,3-5H2,1-2H3,(H,19,21). The monoisotopic (exact) mass is 284 g/mol. The summed E-state index contributed by atoms with van der Waals surface area (Å²) in [5.41, 5.74) is 2.27. The Kier molecular flexibility index (Phi) is 3.73. The van der Waals surface area contributed by atoms with Gasteiger partial charge < -0.3 is 5.32 Å². The minimum atomic E-state index is -0.191.